The molecule has 0 unspecified atom stereocenters. The van der Waals surface area contributed by atoms with E-state index < -0.39 is 33.7 Å². The molecule has 0 spiro atoms. The van der Waals surface area contributed by atoms with E-state index in [9.17, 15) is 22.8 Å². The monoisotopic (exact) mass is 545 g/mol. The second kappa shape index (κ2) is 11.7. The van der Waals surface area contributed by atoms with Crippen LogP contribution in [0.4, 0.5) is 14.9 Å². The number of amides is 2. The molecular formula is C24H24FN5O7S. The molecule has 0 aliphatic carbocycles. The second-order valence-corrected chi connectivity index (χ2v) is 9.76. The van der Waals surface area contributed by atoms with Gasteiger partial charge in [0.05, 0.1) is 18.2 Å². The molecule has 1 aromatic heterocycles. The van der Waals surface area contributed by atoms with Gasteiger partial charge in [0, 0.05) is 44.6 Å². The first-order valence-electron chi connectivity index (χ1n) is 11.1. The van der Waals surface area contributed by atoms with E-state index in [1.807, 2.05) is 4.72 Å². The molecule has 0 fully saturated rings. The average Bonchev–Trinajstić information content (AvgIpc) is 2.86. The van der Waals surface area contributed by atoms with Gasteiger partial charge in [-0.3, -0.25) is 9.52 Å². The molecule has 3 rings (SSSR count). The minimum Gasteiger partial charge on any atom is -0.422 e. The van der Waals surface area contributed by atoms with Crippen molar-refractivity contribution in [3.63, 3.8) is 0 Å². The molecule has 200 valence electrons. The predicted octanol–water partition coefficient (Wildman–Crippen LogP) is 1.64. The smallest absolute Gasteiger partial charge is 0.414 e. The summed E-state index contributed by atoms with van der Waals surface area (Å²) in [5, 5.41) is 11.5. The topological polar surface area (TPSA) is 171 Å². The van der Waals surface area contributed by atoms with Crippen molar-refractivity contribution in [2.75, 3.05) is 32.4 Å². The molecule has 3 N–H and O–H groups in total. The SMILES string of the molecule is CNS(=O)(=O)Nc1cccc(Cc2c(CC(=O)NCC#N)c3ccc(OC(=O)N(C)C)cc3oc2=O)c1F. The summed E-state index contributed by atoms with van der Waals surface area (Å²) in [6.45, 7) is -0.263. The Kier molecular flexibility index (Phi) is 8.66. The third-order valence-electron chi connectivity index (χ3n) is 5.32. The standard InChI is InChI=1S/C24H24FN5O7S/c1-27-38(34,35)29-19-6-4-5-14(22(19)25)11-18-17(13-21(31)28-10-9-26)16-8-7-15(36-24(33)30(2)3)12-20(16)37-23(18)32/h4-8,12,27,29H,10-11,13H2,1-3H3,(H,28,31). The first-order chi connectivity index (χ1) is 18.0. The summed E-state index contributed by atoms with van der Waals surface area (Å²) < 4.78 is 53.6. The van der Waals surface area contributed by atoms with Crippen LogP contribution in [0.2, 0.25) is 0 Å². The van der Waals surface area contributed by atoms with Gasteiger partial charge in [0.15, 0.2) is 5.82 Å². The third kappa shape index (κ3) is 6.64. The molecule has 38 heavy (non-hydrogen) atoms. The van der Waals surface area contributed by atoms with Gasteiger partial charge in [-0.25, -0.2) is 18.7 Å². The van der Waals surface area contributed by atoms with E-state index in [4.69, 9.17) is 14.4 Å². The fourth-order valence-corrected chi connectivity index (χ4v) is 4.01. The van der Waals surface area contributed by atoms with Gasteiger partial charge in [-0.05, 0) is 29.3 Å². The van der Waals surface area contributed by atoms with E-state index in [0.717, 1.165) is 7.05 Å². The minimum atomic E-state index is -4.01. The Morgan fingerprint density at radius 3 is 2.58 bits per heavy atom. The molecule has 0 radical (unpaired) electrons. The van der Waals surface area contributed by atoms with Crippen LogP contribution in [0.25, 0.3) is 11.0 Å². The van der Waals surface area contributed by atoms with Gasteiger partial charge in [-0.2, -0.15) is 13.7 Å². The largest absolute Gasteiger partial charge is 0.422 e. The molecule has 3 aromatic rings. The van der Waals surface area contributed by atoms with Gasteiger partial charge in [0.1, 0.15) is 17.9 Å². The van der Waals surface area contributed by atoms with Gasteiger partial charge in [0.2, 0.25) is 5.91 Å². The number of carbonyl (C=O) groups excluding carboxylic acids is 2. The number of nitrogens with one attached hydrogen (secondary N) is 3. The molecule has 2 aromatic carbocycles. The summed E-state index contributed by atoms with van der Waals surface area (Å²) in [6.07, 6.45) is -1.34. The Balaban J connectivity index is 2.12. The molecule has 0 bridgehead atoms. The molecule has 0 saturated carbocycles. The number of nitrogens with zero attached hydrogens (tertiary/aromatic N) is 2. The summed E-state index contributed by atoms with van der Waals surface area (Å²) in [5.41, 5.74) is -1.09. The molecule has 12 nitrogen and oxygen atoms in total. The van der Waals surface area contributed by atoms with Crippen LogP contribution in [-0.2, 0) is 27.8 Å². The molecule has 0 saturated heterocycles. The Hall–Kier alpha value is -4.48. The highest BCUT2D eigenvalue weighted by molar-refractivity contribution is 7.90. The van der Waals surface area contributed by atoms with Crippen molar-refractivity contribution >= 4 is 38.9 Å². The van der Waals surface area contributed by atoms with Crippen LogP contribution in [0.5, 0.6) is 5.75 Å². The maximum Gasteiger partial charge on any atom is 0.414 e. The van der Waals surface area contributed by atoms with Crippen LogP contribution in [0.3, 0.4) is 0 Å². The quantitative estimate of drug-likeness (QED) is 0.269. The maximum absolute atomic E-state index is 15.2. The molecule has 1 heterocycles. The summed E-state index contributed by atoms with van der Waals surface area (Å²) in [4.78, 5) is 38.7. The number of anilines is 1. The van der Waals surface area contributed by atoms with Crippen LogP contribution < -0.4 is 25.1 Å². The molecule has 14 heteroatoms. The zero-order chi connectivity index (χ0) is 28.0. The lowest BCUT2D eigenvalue weighted by Crippen LogP contribution is -2.27. The normalized spacial score (nSPS) is 11.0. The van der Waals surface area contributed by atoms with Crippen molar-refractivity contribution in [1.82, 2.24) is 14.9 Å². The maximum atomic E-state index is 15.2. The highest BCUT2D eigenvalue weighted by Crippen LogP contribution is 2.28. The first kappa shape index (κ1) is 28.1. The summed E-state index contributed by atoms with van der Waals surface area (Å²) in [7, 11) is 0.126. The van der Waals surface area contributed by atoms with E-state index >= 15 is 4.39 Å². The van der Waals surface area contributed by atoms with E-state index in [1.54, 1.807) is 6.07 Å². The van der Waals surface area contributed by atoms with Gasteiger partial charge in [-0.1, -0.05) is 12.1 Å². The number of halogens is 1. The predicted molar refractivity (Wildman–Crippen MR) is 135 cm³/mol. The van der Waals surface area contributed by atoms with Crippen LogP contribution in [0.1, 0.15) is 16.7 Å². The Morgan fingerprint density at radius 1 is 1.18 bits per heavy atom. The Morgan fingerprint density at radius 2 is 1.92 bits per heavy atom. The number of hydrogen-bond donors (Lipinski definition) is 3. The lowest BCUT2D eigenvalue weighted by molar-refractivity contribution is -0.120. The highest BCUT2D eigenvalue weighted by Gasteiger charge is 2.21. The second-order valence-electron chi connectivity index (χ2n) is 8.14. The summed E-state index contributed by atoms with van der Waals surface area (Å²) in [5.74, 6) is -1.40. The highest BCUT2D eigenvalue weighted by atomic mass is 32.2. The number of rotatable bonds is 9. The van der Waals surface area contributed by atoms with E-state index in [2.05, 4.69) is 10.0 Å². The van der Waals surface area contributed by atoms with Crippen LogP contribution in [0, 0.1) is 17.1 Å². The zero-order valence-corrected chi connectivity index (χ0v) is 21.4. The van der Waals surface area contributed by atoms with Crippen molar-refractivity contribution in [2.45, 2.75) is 12.8 Å². The number of benzene rings is 2. The Labute approximate surface area is 217 Å². The molecule has 0 atom stereocenters. The van der Waals surface area contributed by atoms with Crippen molar-refractivity contribution < 1.29 is 31.6 Å². The van der Waals surface area contributed by atoms with Gasteiger partial charge in [-0.15, -0.1) is 0 Å². The molecular weight excluding hydrogens is 521 g/mol. The van der Waals surface area contributed by atoms with Gasteiger partial charge in [0.25, 0.3) is 10.2 Å². The average molecular weight is 546 g/mol. The van der Waals surface area contributed by atoms with E-state index in [-0.39, 0.29) is 53.1 Å². The number of fused-ring (bicyclic) bond motifs is 1. The van der Waals surface area contributed by atoms with Gasteiger partial charge < -0.3 is 19.4 Å². The number of hydrogen-bond acceptors (Lipinski definition) is 8. The van der Waals surface area contributed by atoms with Crippen molar-refractivity contribution in [2.24, 2.45) is 0 Å². The number of ether oxygens (including phenoxy) is 1. The van der Waals surface area contributed by atoms with Crippen molar-refractivity contribution in [1.29, 1.82) is 5.26 Å². The van der Waals surface area contributed by atoms with E-state index in [1.165, 1.54) is 55.4 Å². The third-order valence-corrected chi connectivity index (χ3v) is 6.35. The number of carbonyl (C=O) groups is 2. The van der Waals surface area contributed by atoms with Gasteiger partial charge >= 0.3 is 11.7 Å². The van der Waals surface area contributed by atoms with E-state index in [0.29, 0.717) is 5.39 Å². The number of nitriles is 1. The first-order valence-corrected chi connectivity index (χ1v) is 12.5. The molecule has 0 aliphatic heterocycles. The molecule has 0 aliphatic rings. The fraction of sp³-hybridized carbons (Fsp3) is 0.250. The Bertz CT molecular complexity index is 1600. The summed E-state index contributed by atoms with van der Waals surface area (Å²) in [6, 6.07) is 10.00. The molecule has 2 amide bonds. The lowest BCUT2D eigenvalue weighted by Gasteiger charge is -2.15. The summed E-state index contributed by atoms with van der Waals surface area (Å²) >= 11 is 0. The fourth-order valence-electron chi connectivity index (χ4n) is 3.46. The zero-order valence-electron chi connectivity index (χ0n) is 20.6. The van der Waals surface area contributed by atoms with Crippen molar-refractivity contribution in [3.8, 4) is 11.8 Å². The van der Waals surface area contributed by atoms with Crippen molar-refractivity contribution in [3.05, 3.63) is 69.3 Å². The van der Waals surface area contributed by atoms with Crippen LogP contribution >= 0.6 is 0 Å². The van der Waals surface area contributed by atoms with Crippen LogP contribution in [0.15, 0.2) is 45.6 Å². The van der Waals surface area contributed by atoms with Crippen LogP contribution in [-0.4, -0.2) is 53.0 Å². The minimum absolute atomic E-state index is 0.0156. The lowest BCUT2D eigenvalue weighted by atomic mass is 9.95.